The van der Waals surface area contributed by atoms with Gasteiger partial charge in [-0.2, -0.15) is 0 Å². The van der Waals surface area contributed by atoms with Crippen LogP contribution in [0.25, 0.3) is 0 Å². The first-order valence-electron chi connectivity index (χ1n) is 8.75. The van der Waals surface area contributed by atoms with Gasteiger partial charge in [-0.15, -0.1) is 0 Å². The fourth-order valence-corrected chi connectivity index (χ4v) is 3.06. The number of benzene rings is 1. The highest BCUT2D eigenvalue weighted by Crippen LogP contribution is 2.29. The number of anilines is 1. The number of oxazole rings is 1. The van der Waals surface area contributed by atoms with E-state index < -0.39 is 0 Å². The molecule has 2 heterocycles. The lowest BCUT2D eigenvalue weighted by molar-refractivity contribution is 0.0821. The predicted octanol–water partition coefficient (Wildman–Crippen LogP) is 3.10. The summed E-state index contributed by atoms with van der Waals surface area (Å²) in [5.74, 6) is 1.11. The molecule has 0 atom stereocenters. The van der Waals surface area contributed by atoms with Gasteiger partial charge in [-0.25, -0.2) is 9.78 Å². The van der Waals surface area contributed by atoms with Crippen molar-refractivity contribution in [2.75, 3.05) is 32.5 Å². The van der Waals surface area contributed by atoms with Gasteiger partial charge in [-0.1, -0.05) is 18.2 Å². The summed E-state index contributed by atoms with van der Waals surface area (Å²) < 4.78 is 5.74. The molecule has 3 amide bonds. The molecule has 3 rings (SSSR count). The van der Waals surface area contributed by atoms with Gasteiger partial charge >= 0.3 is 6.03 Å². The van der Waals surface area contributed by atoms with E-state index in [9.17, 15) is 9.59 Å². The standard InChI is InChI=1S/C19H24N4O3/c1-13-16(18(24)22(2)3)21-17(26-13)14-9-11-23(12-10-14)19(25)20-15-7-5-4-6-8-15/h4-8,14H,9-12H2,1-3H3,(H,20,25). The van der Waals surface area contributed by atoms with E-state index in [1.54, 1.807) is 25.9 Å². The van der Waals surface area contributed by atoms with Crippen LogP contribution in [-0.4, -0.2) is 53.9 Å². The lowest BCUT2D eigenvalue weighted by atomic mass is 9.97. The van der Waals surface area contributed by atoms with Crippen molar-refractivity contribution >= 4 is 17.6 Å². The van der Waals surface area contributed by atoms with Crippen LogP contribution < -0.4 is 5.32 Å². The number of likely N-dealkylation sites (tertiary alicyclic amines) is 1. The topological polar surface area (TPSA) is 78.7 Å². The van der Waals surface area contributed by atoms with Gasteiger partial charge in [0.25, 0.3) is 5.91 Å². The number of hydrogen-bond donors (Lipinski definition) is 1. The number of rotatable bonds is 3. The predicted molar refractivity (Wildman–Crippen MR) is 98.3 cm³/mol. The molecule has 7 heteroatoms. The lowest BCUT2D eigenvalue weighted by Gasteiger charge is -2.30. The lowest BCUT2D eigenvalue weighted by Crippen LogP contribution is -2.40. The summed E-state index contributed by atoms with van der Waals surface area (Å²) in [6.07, 6.45) is 1.52. The Morgan fingerprint density at radius 3 is 2.46 bits per heavy atom. The average molecular weight is 356 g/mol. The smallest absolute Gasteiger partial charge is 0.321 e. The molecule has 0 spiro atoms. The molecule has 138 valence electrons. The maximum atomic E-state index is 12.4. The summed E-state index contributed by atoms with van der Waals surface area (Å²) >= 11 is 0. The number of piperidine rings is 1. The Balaban J connectivity index is 1.59. The van der Waals surface area contributed by atoms with Crippen molar-refractivity contribution in [1.29, 1.82) is 0 Å². The SMILES string of the molecule is Cc1oc(C2CCN(C(=O)Nc3ccccc3)CC2)nc1C(=O)N(C)C. The molecule has 0 saturated carbocycles. The molecule has 1 aliphatic heterocycles. The third-order valence-electron chi connectivity index (χ3n) is 4.58. The van der Waals surface area contributed by atoms with E-state index in [-0.39, 0.29) is 17.9 Å². The van der Waals surface area contributed by atoms with Crippen LogP contribution >= 0.6 is 0 Å². The number of aromatic nitrogens is 1. The third kappa shape index (κ3) is 3.87. The first-order chi connectivity index (χ1) is 12.5. The monoisotopic (exact) mass is 356 g/mol. The minimum Gasteiger partial charge on any atom is -0.445 e. The van der Waals surface area contributed by atoms with E-state index >= 15 is 0 Å². The maximum Gasteiger partial charge on any atom is 0.321 e. The minimum atomic E-state index is -0.155. The number of urea groups is 1. The van der Waals surface area contributed by atoms with Crippen LogP contribution in [0.1, 0.15) is 40.9 Å². The molecule has 0 aliphatic carbocycles. The van der Waals surface area contributed by atoms with Gasteiger partial charge in [0.15, 0.2) is 11.6 Å². The summed E-state index contributed by atoms with van der Waals surface area (Å²) in [6.45, 7) is 3.01. The van der Waals surface area contributed by atoms with Crippen molar-refractivity contribution in [2.24, 2.45) is 0 Å². The van der Waals surface area contributed by atoms with Crippen LogP contribution in [0.2, 0.25) is 0 Å². The quantitative estimate of drug-likeness (QED) is 0.916. The van der Waals surface area contributed by atoms with Crippen molar-refractivity contribution in [3.63, 3.8) is 0 Å². The van der Waals surface area contributed by atoms with Crippen molar-refractivity contribution in [1.82, 2.24) is 14.8 Å². The fourth-order valence-electron chi connectivity index (χ4n) is 3.06. The fraction of sp³-hybridized carbons (Fsp3) is 0.421. The molecule has 1 fully saturated rings. The summed E-state index contributed by atoms with van der Waals surface area (Å²) in [6, 6.07) is 9.32. The van der Waals surface area contributed by atoms with Crippen molar-refractivity contribution in [3.05, 3.63) is 47.7 Å². The Labute approximate surface area is 153 Å². The number of amides is 3. The van der Waals surface area contributed by atoms with Gasteiger partial charge in [0.2, 0.25) is 0 Å². The van der Waals surface area contributed by atoms with E-state index in [0.29, 0.717) is 30.4 Å². The zero-order chi connectivity index (χ0) is 18.7. The second kappa shape index (κ2) is 7.59. The number of aryl methyl sites for hydroxylation is 1. The Bertz CT molecular complexity index is 777. The Kier molecular flexibility index (Phi) is 5.25. The van der Waals surface area contributed by atoms with Crippen molar-refractivity contribution < 1.29 is 14.0 Å². The molecule has 7 nitrogen and oxygen atoms in total. The Morgan fingerprint density at radius 2 is 1.85 bits per heavy atom. The highest BCUT2D eigenvalue weighted by Gasteiger charge is 2.29. The molecule has 26 heavy (non-hydrogen) atoms. The number of carbonyl (C=O) groups is 2. The van der Waals surface area contributed by atoms with Crippen molar-refractivity contribution in [3.8, 4) is 0 Å². The molecule has 1 aliphatic rings. The molecule has 1 aromatic carbocycles. The van der Waals surface area contributed by atoms with Crippen LogP contribution in [0.4, 0.5) is 10.5 Å². The molecular formula is C19H24N4O3. The van der Waals surface area contributed by atoms with Gasteiger partial charge in [-0.05, 0) is 31.9 Å². The summed E-state index contributed by atoms with van der Waals surface area (Å²) in [5.41, 5.74) is 1.16. The van der Waals surface area contributed by atoms with Gasteiger partial charge in [0.1, 0.15) is 5.76 Å². The normalized spacial score (nSPS) is 15.0. The van der Waals surface area contributed by atoms with Gasteiger partial charge in [0.05, 0.1) is 0 Å². The molecule has 0 unspecified atom stereocenters. The van der Waals surface area contributed by atoms with E-state index in [1.807, 2.05) is 30.3 Å². The first-order valence-corrected chi connectivity index (χ1v) is 8.75. The van der Waals surface area contributed by atoms with E-state index in [2.05, 4.69) is 10.3 Å². The highest BCUT2D eigenvalue weighted by atomic mass is 16.4. The summed E-state index contributed by atoms with van der Waals surface area (Å²) in [7, 11) is 3.39. The van der Waals surface area contributed by atoms with Gasteiger partial charge < -0.3 is 19.5 Å². The second-order valence-corrected chi connectivity index (χ2v) is 6.71. The Hall–Kier alpha value is -2.83. The highest BCUT2D eigenvalue weighted by molar-refractivity contribution is 5.92. The van der Waals surface area contributed by atoms with Crippen LogP contribution in [-0.2, 0) is 0 Å². The number of para-hydroxylation sites is 1. The molecule has 1 N–H and O–H groups in total. The Morgan fingerprint density at radius 1 is 1.19 bits per heavy atom. The number of nitrogens with zero attached hydrogens (tertiary/aromatic N) is 3. The molecule has 1 aromatic heterocycles. The summed E-state index contributed by atoms with van der Waals surface area (Å²) in [5, 5.41) is 2.90. The van der Waals surface area contributed by atoms with Crippen molar-refractivity contribution in [2.45, 2.75) is 25.7 Å². The van der Waals surface area contributed by atoms with E-state index in [1.165, 1.54) is 4.90 Å². The zero-order valence-electron chi connectivity index (χ0n) is 15.4. The van der Waals surface area contributed by atoms with Gasteiger partial charge in [0, 0.05) is 38.8 Å². The largest absolute Gasteiger partial charge is 0.445 e. The van der Waals surface area contributed by atoms with Gasteiger partial charge in [-0.3, -0.25) is 4.79 Å². The summed E-state index contributed by atoms with van der Waals surface area (Å²) in [4.78, 5) is 32.2. The van der Waals surface area contributed by atoms with Crippen LogP contribution in [0.3, 0.4) is 0 Å². The van der Waals surface area contributed by atoms with Crippen LogP contribution in [0, 0.1) is 6.92 Å². The van der Waals surface area contributed by atoms with E-state index in [4.69, 9.17) is 4.42 Å². The maximum absolute atomic E-state index is 12.4. The van der Waals surface area contributed by atoms with E-state index in [0.717, 1.165) is 18.5 Å². The average Bonchev–Trinajstić information content (AvgIpc) is 3.03. The molecule has 2 aromatic rings. The second-order valence-electron chi connectivity index (χ2n) is 6.71. The number of hydrogen-bond acceptors (Lipinski definition) is 4. The zero-order valence-corrected chi connectivity index (χ0v) is 15.4. The third-order valence-corrected chi connectivity index (χ3v) is 4.58. The minimum absolute atomic E-state index is 0.0956. The van der Waals surface area contributed by atoms with Crippen LogP contribution in [0.15, 0.2) is 34.7 Å². The molecule has 0 radical (unpaired) electrons. The molecule has 1 saturated heterocycles. The number of carbonyl (C=O) groups excluding carboxylic acids is 2. The number of nitrogens with one attached hydrogen (secondary N) is 1. The molecule has 0 bridgehead atoms. The molecular weight excluding hydrogens is 332 g/mol. The first kappa shape index (κ1) is 18.0. The van der Waals surface area contributed by atoms with Crippen LogP contribution in [0.5, 0.6) is 0 Å².